The zero-order valence-electron chi connectivity index (χ0n) is 8.42. The van der Waals surface area contributed by atoms with Crippen molar-refractivity contribution in [3.8, 4) is 0 Å². The number of benzene rings is 1. The van der Waals surface area contributed by atoms with E-state index in [1.807, 2.05) is 18.2 Å². The Bertz CT molecular complexity index is 289. The summed E-state index contributed by atoms with van der Waals surface area (Å²) in [5.74, 6) is 0. The summed E-state index contributed by atoms with van der Waals surface area (Å²) < 4.78 is 6.47. The van der Waals surface area contributed by atoms with Gasteiger partial charge in [-0.25, -0.2) is 0 Å². The number of rotatable bonds is 5. The lowest BCUT2D eigenvalue weighted by molar-refractivity contribution is 0.117. The standard InChI is InChI=1S/C11H16BrNO/c1-2-3-7-14-8-9-5-4-6-10(13)11(9)12/h4-6H,2-3,7-8,13H2,1H3. The molecular formula is C11H16BrNO. The highest BCUT2D eigenvalue weighted by atomic mass is 79.9. The summed E-state index contributed by atoms with van der Waals surface area (Å²) in [5.41, 5.74) is 7.63. The maximum atomic E-state index is 5.75. The van der Waals surface area contributed by atoms with Crippen LogP contribution in [0.15, 0.2) is 22.7 Å². The van der Waals surface area contributed by atoms with E-state index in [0.717, 1.165) is 35.2 Å². The van der Waals surface area contributed by atoms with Crippen LogP contribution in [0.4, 0.5) is 5.69 Å². The van der Waals surface area contributed by atoms with E-state index in [2.05, 4.69) is 22.9 Å². The molecule has 3 heteroatoms. The Morgan fingerprint density at radius 1 is 1.43 bits per heavy atom. The molecule has 0 radical (unpaired) electrons. The van der Waals surface area contributed by atoms with E-state index in [0.29, 0.717) is 6.61 Å². The minimum atomic E-state index is 0.631. The molecule has 0 heterocycles. The number of ether oxygens (including phenoxy) is 1. The minimum absolute atomic E-state index is 0.631. The Morgan fingerprint density at radius 2 is 2.21 bits per heavy atom. The number of nitrogen functional groups attached to an aromatic ring is 1. The molecule has 0 atom stereocenters. The van der Waals surface area contributed by atoms with Crippen LogP contribution in [0.25, 0.3) is 0 Å². The molecule has 0 aliphatic heterocycles. The zero-order valence-corrected chi connectivity index (χ0v) is 10.0. The molecule has 78 valence electrons. The first-order chi connectivity index (χ1) is 6.75. The van der Waals surface area contributed by atoms with Crippen LogP contribution >= 0.6 is 15.9 Å². The van der Waals surface area contributed by atoms with E-state index in [4.69, 9.17) is 10.5 Å². The fraction of sp³-hybridized carbons (Fsp3) is 0.455. The number of anilines is 1. The average molecular weight is 258 g/mol. The monoisotopic (exact) mass is 257 g/mol. The fourth-order valence-corrected chi connectivity index (χ4v) is 1.52. The van der Waals surface area contributed by atoms with Gasteiger partial charge >= 0.3 is 0 Å². The maximum Gasteiger partial charge on any atom is 0.0728 e. The van der Waals surface area contributed by atoms with Crippen LogP contribution in [0.1, 0.15) is 25.3 Å². The van der Waals surface area contributed by atoms with E-state index < -0.39 is 0 Å². The van der Waals surface area contributed by atoms with E-state index in [1.54, 1.807) is 0 Å². The van der Waals surface area contributed by atoms with Gasteiger partial charge in [0.15, 0.2) is 0 Å². The predicted octanol–water partition coefficient (Wildman–Crippen LogP) is 3.35. The molecule has 0 aliphatic carbocycles. The molecule has 0 saturated carbocycles. The van der Waals surface area contributed by atoms with Gasteiger partial charge in [-0.3, -0.25) is 0 Å². The third kappa shape index (κ3) is 3.31. The first kappa shape index (κ1) is 11.5. The first-order valence-electron chi connectivity index (χ1n) is 4.86. The average Bonchev–Trinajstić information content (AvgIpc) is 2.19. The lowest BCUT2D eigenvalue weighted by atomic mass is 10.2. The molecule has 0 unspecified atom stereocenters. The summed E-state index contributed by atoms with van der Waals surface area (Å²) in [4.78, 5) is 0. The lowest BCUT2D eigenvalue weighted by Crippen LogP contribution is -1.97. The zero-order chi connectivity index (χ0) is 10.4. The number of hydrogen-bond donors (Lipinski definition) is 1. The Balaban J connectivity index is 2.46. The van der Waals surface area contributed by atoms with Crippen LogP contribution < -0.4 is 5.73 Å². The number of unbranched alkanes of at least 4 members (excludes halogenated alkanes) is 1. The van der Waals surface area contributed by atoms with Crippen molar-refractivity contribution in [1.82, 2.24) is 0 Å². The van der Waals surface area contributed by atoms with E-state index in [1.165, 1.54) is 0 Å². The van der Waals surface area contributed by atoms with Gasteiger partial charge in [0, 0.05) is 16.8 Å². The first-order valence-corrected chi connectivity index (χ1v) is 5.65. The van der Waals surface area contributed by atoms with Gasteiger partial charge in [0.05, 0.1) is 6.61 Å². The molecule has 0 aliphatic rings. The van der Waals surface area contributed by atoms with Crippen molar-refractivity contribution in [2.45, 2.75) is 26.4 Å². The molecule has 1 rings (SSSR count). The molecule has 0 amide bonds. The molecular weight excluding hydrogens is 242 g/mol. The Morgan fingerprint density at radius 3 is 2.93 bits per heavy atom. The second kappa shape index (κ2) is 6.04. The third-order valence-corrected chi connectivity index (χ3v) is 2.98. The second-order valence-corrected chi connectivity index (χ2v) is 4.02. The highest BCUT2D eigenvalue weighted by molar-refractivity contribution is 9.10. The molecule has 2 nitrogen and oxygen atoms in total. The van der Waals surface area contributed by atoms with Crippen LogP contribution in [-0.4, -0.2) is 6.61 Å². The van der Waals surface area contributed by atoms with Gasteiger partial charge in [-0.15, -0.1) is 0 Å². The molecule has 0 spiro atoms. The summed E-state index contributed by atoms with van der Waals surface area (Å²) in [6.45, 7) is 3.60. The van der Waals surface area contributed by atoms with Crippen LogP contribution in [0, 0.1) is 0 Å². The van der Waals surface area contributed by atoms with Gasteiger partial charge in [0.2, 0.25) is 0 Å². The normalized spacial score (nSPS) is 10.4. The largest absolute Gasteiger partial charge is 0.398 e. The topological polar surface area (TPSA) is 35.2 Å². The van der Waals surface area contributed by atoms with Crippen molar-refractivity contribution >= 4 is 21.6 Å². The Labute approximate surface area is 93.6 Å². The van der Waals surface area contributed by atoms with Gasteiger partial charge in [-0.2, -0.15) is 0 Å². The van der Waals surface area contributed by atoms with Crippen molar-refractivity contribution in [3.63, 3.8) is 0 Å². The third-order valence-electron chi connectivity index (χ3n) is 2.01. The summed E-state index contributed by atoms with van der Waals surface area (Å²) >= 11 is 3.44. The maximum absolute atomic E-state index is 5.75. The smallest absolute Gasteiger partial charge is 0.0728 e. The number of nitrogens with two attached hydrogens (primary N) is 1. The van der Waals surface area contributed by atoms with Crippen molar-refractivity contribution < 1.29 is 4.74 Å². The molecule has 0 saturated heterocycles. The van der Waals surface area contributed by atoms with Gasteiger partial charge in [-0.1, -0.05) is 25.5 Å². The highest BCUT2D eigenvalue weighted by Gasteiger charge is 2.02. The highest BCUT2D eigenvalue weighted by Crippen LogP contribution is 2.24. The van der Waals surface area contributed by atoms with Crippen molar-refractivity contribution in [2.24, 2.45) is 0 Å². The summed E-state index contributed by atoms with van der Waals surface area (Å²) in [6, 6.07) is 5.84. The SMILES string of the molecule is CCCCOCc1cccc(N)c1Br. The quantitative estimate of drug-likeness (QED) is 0.649. The Hall–Kier alpha value is -0.540. The predicted molar refractivity (Wildman–Crippen MR) is 63.1 cm³/mol. The van der Waals surface area contributed by atoms with Crippen LogP contribution in [0.3, 0.4) is 0 Å². The molecule has 1 aromatic carbocycles. The van der Waals surface area contributed by atoms with Crippen LogP contribution in [0.2, 0.25) is 0 Å². The van der Waals surface area contributed by atoms with Crippen LogP contribution in [0.5, 0.6) is 0 Å². The van der Waals surface area contributed by atoms with Crippen molar-refractivity contribution in [1.29, 1.82) is 0 Å². The molecule has 0 bridgehead atoms. The van der Waals surface area contributed by atoms with Crippen molar-refractivity contribution in [2.75, 3.05) is 12.3 Å². The molecule has 14 heavy (non-hydrogen) atoms. The number of halogens is 1. The molecule has 0 fully saturated rings. The fourth-order valence-electron chi connectivity index (χ4n) is 1.14. The van der Waals surface area contributed by atoms with Gasteiger partial charge in [0.1, 0.15) is 0 Å². The second-order valence-electron chi connectivity index (χ2n) is 3.23. The van der Waals surface area contributed by atoms with E-state index >= 15 is 0 Å². The molecule has 2 N–H and O–H groups in total. The summed E-state index contributed by atoms with van der Waals surface area (Å²) in [7, 11) is 0. The summed E-state index contributed by atoms with van der Waals surface area (Å²) in [5, 5.41) is 0. The minimum Gasteiger partial charge on any atom is -0.398 e. The summed E-state index contributed by atoms with van der Waals surface area (Å²) in [6.07, 6.45) is 2.28. The lowest BCUT2D eigenvalue weighted by Gasteiger charge is -2.07. The molecule has 1 aromatic rings. The van der Waals surface area contributed by atoms with Gasteiger partial charge in [-0.05, 0) is 34.0 Å². The van der Waals surface area contributed by atoms with Gasteiger partial charge < -0.3 is 10.5 Å². The number of hydrogen-bond acceptors (Lipinski definition) is 2. The van der Waals surface area contributed by atoms with Crippen LogP contribution in [-0.2, 0) is 11.3 Å². The van der Waals surface area contributed by atoms with Crippen molar-refractivity contribution in [3.05, 3.63) is 28.2 Å². The van der Waals surface area contributed by atoms with E-state index in [9.17, 15) is 0 Å². The Kier molecular flexibility index (Phi) is 4.98. The van der Waals surface area contributed by atoms with Gasteiger partial charge in [0.25, 0.3) is 0 Å². The van der Waals surface area contributed by atoms with E-state index in [-0.39, 0.29) is 0 Å². The molecule has 0 aromatic heterocycles.